The minimum atomic E-state index is -0.552. The average molecular weight is 388 g/mol. The van der Waals surface area contributed by atoms with Crippen molar-refractivity contribution >= 4 is 23.4 Å². The van der Waals surface area contributed by atoms with Gasteiger partial charge in [0.1, 0.15) is 5.82 Å². The lowest BCUT2D eigenvalue weighted by Gasteiger charge is -2.29. The van der Waals surface area contributed by atoms with Crippen molar-refractivity contribution in [2.45, 2.75) is 5.92 Å². The smallest absolute Gasteiger partial charge is 0.255 e. The van der Waals surface area contributed by atoms with Gasteiger partial charge in [-0.3, -0.25) is 4.79 Å². The minimum Gasteiger partial charge on any atom is -0.384 e. The molecule has 0 aromatic heterocycles. The van der Waals surface area contributed by atoms with Crippen LogP contribution in [0.1, 0.15) is 11.5 Å². The third kappa shape index (κ3) is 4.11. The molecular weight excluding hydrogens is 368 g/mol. The number of para-hydroxylation sites is 1. The number of rotatable bonds is 6. The van der Waals surface area contributed by atoms with E-state index in [4.69, 9.17) is 5.73 Å². The quantitative estimate of drug-likeness (QED) is 0.654. The van der Waals surface area contributed by atoms with E-state index in [1.807, 2.05) is 60.7 Å². The lowest BCUT2D eigenvalue weighted by Crippen LogP contribution is -2.34. The van der Waals surface area contributed by atoms with Crippen LogP contribution in [0.15, 0.2) is 95.3 Å². The lowest BCUT2D eigenvalue weighted by molar-refractivity contribution is -0.113. The molecule has 0 saturated carbocycles. The molecule has 3 rings (SSSR count). The first-order chi connectivity index (χ1) is 13.7. The molecule has 0 fully saturated rings. The van der Waals surface area contributed by atoms with E-state index >= 15 is 0 Å². The summed E-state index contributed by atoms with van der Waals surface area (Å²) in [5.74, 6) is 0.0308. The summed E-state index contributed by atoms with van der Waals surface area (Å²) in [6, 6.07) is 20.8. The summed E-state index contributed by atoms with van der Waals surface area (Å²) in [6.45, 7) is 3.74. The highest BCUT2D eigenvalue weighted by atomic mass is 32.2. The number of nitriles is 1. The Morgan fingerprint density at radius 2 is 1.86 bits per heavy atom. The van der Waals surface area contributed by atoms with E-state index in [-0.39, 0.29) is 11.7 Å². The molecule has 1 atom stereocenters. The van der Waals surface area contributed by atoms with Gasteiger partial charge >= 0.3 is 0 Å². The monoisotopic (exact) mass is 388 g/mol. The summed E-state index contributed by atoms with van der Waals surface area (Å²) < 4.78 is 0. The number of amides is 1. The predicted octanol–water partition coefficient (Wildman–Crippen LogP) is 3.84. The molecule has 0 bridgehead atoms. The third-order valence-electron chi connectivity index (χ3n) is 4.24. The van der Waals surface area contributed by atoms with Gasteiger partial charge in [0.2, 0.25) is 0 Å². The standard InChI is InChI=1S/C22H20N4OS/c1-2-13-28-22-19(21(27)25-16-11-7-4-8-12-16)18(15-9-5-3-6-10-15)17(14-23)20(24)26-22/h2-12,18,26H,1,13,24H2,(H,25,27). The van der Waals surface area contributed by atoms with Crippen LogP contribution in [0.2, 0.25) is 0 Å². The summed E-state index contributed by atoms with van der Waals surface area (Å²) in [5.41, 5.74) is 8.44. The van der Waals surface area contributed by atoms with Crippen LogP contribution in [-0.4, -0.2) is 11.7 Å². The zero-order valence-corrected chi connectivity index (χ0v) is 16.0. The number of nitrogens with one attached hydrogen (secondary N) is 2. The predicted molar refractivity (Wildman–Crippen MR) is 114 cm³/mol. The fourth-order valence-corrected chi connectivity index (χ4v) is 3.83. The van der Waals surface area contributed by atoms with Gasteiger partial charge in [-0.1, -0.05) is 54.6 Å². The molecule has 140 valence electrons. The number of hydrogen-bond donors (Lipinski definition) is 3. The third-order valence-corrected chi connectivity index (χ3v) is 5.25. The van der Waals surface area contributed by atoms with Gasteiger partial charge in [0, 0.05) is 11.4 Å². The first-order valence-electron chi connectivity index (χ1n) is 8.71. The second-order valence-corrected chi connectivity index (χ2v) is 7.10. The van der Waals surface area contributed by atoms with Crippen LogP contribution in [0.25, 0.3) is 0 Å². The summed E-state index contributed by atoms with van der Waals surface area (Å²) in [4.78, 5) is 13.3. The largest absolute Gasteiger partial charge is 0.384 e. The Labute approximate surface area is 168 Å². The number of allylic oxidation sites excluding steroid dienone is 1. The lowest BCUT2D eigenvalue weighted by atomic mass is 9.83. The topological polar surface area (TPSA) is 90.9 Å². The number of dihydropyridines is 1. The molecule has 1 amide bonds. The summed E-state index contributed by atoms with van der Waals surface area (Å²) in [6.07, 6.45) is 1.75. The Hall–Kier alpha value is -3.43. The van der Waals surface area contributed by atoms with Crippen LogP contribution < -0.4 is 16.4 Å². The molecule has 1 heterocycles. The molecule has 0 spiro atoms. The fourth-order valence-electron chi connectivity index (χ4n) is 3.00. The first kappa shape index (κ1) is 19.3. The summed E-state index contributed by atoms with van der Waals surface area (Å²) >= 11 is 1.43. The van der Waals surface area contributed by atoms with E-state index in [0.717, 1.165) is 5.56 Å². The van der Waals surface area contributed by atoms with Gasteiger partial charge < -0.3 is 16.4 Å². The molecule has 0 aliphatic carbocycles. The van der Waals surface area contributed by atoms with Crippen molar-refractivity contribution in [3.63, 3.8) is 0 Å². The van der Waals surface area contributed by atoms with Crippen molar-refractivity contribution in [1.82, 2.24) is 5.32 Å². The average Bonchev–Trinajstić information content (AvgIpc) is 2.72. The Kier molecular flexibility index (Phi) is 6.20. The molecule has 5 nitrogen and oxygen atoms in total. The van der Waals surface area contributed by atoms with Crippen molar-refractivity contribution < 1.29 is 4.79 Å². The van der Waals surface area contributed by atoms with Crippen molar-refractivity contribution in [3.8, 4) is 6.07 Å². The van der Waals surface area contributed by atoms with E-state index in [0.29, 0.717) is 27.6 Å². The van der Waals surface area contributed by atoms with Gasteiger partial charge in [-0.15, -0.1) is 18.3 Å². The molecule has 1 aliphatic rings. The molecule has 4 N–H and O–H groups in total. The van der Waals surface area contributed by atoms with Crippen LogP contribution in [0.4, 0.5) is 5.69 Å². The van der Waals surface area contributed by atoms with E-state index in [1.165, 1.54) is 11.8 Å². The zero-order chi connectivity index (χ0) is 19.9. The molecule has 1 unspecified atom stereocenters. The van der Waals surface area contributed by atoms with E-state index in [9.17, 15) is 10.1 Å². The van der Waals surface area contributed by atoms with E-state index in [2.05, 4.69) is 23.3 Å². The van der Waals surface area contributed by atoms with E-state index < -0.39 is 5.92 Å². The van der Waals surface area contributed by atoms with Crippen molar-refractivity contribution in [1.29, 1.82) is 5.26 Å². The van der Waals surface area contributed by atoms with Gasteiger partial charge in [0.05, 0.1) is 28.2 Å². The highest BCUT2D eigenvalue weighted by Gasteiger charge is 2.35. The highest BCUT2D eigenvalue weighted by Crippen LogP contribution is 2.40. The number of hydrogen-bond acceptors (Lipinski definition) is 5. The number of nitrogens with two attached hydrogens (primary N) is 1. The number of anilines is 1. The second kappa shape index (κ2) is 8.98. The summed E-state index contributed by atoms with van der Waals surface area (Å²) in [5, 5.41) is 16.3. The fraction of sp³-hybridized carbons (Fsp3) is 0.0909. The van der Waals surface area contributed by atoms with Gasteiger partial charge in [0.25, 0.3) is 5.91 Å². The van der Waals surface area contributed by atoms with Gasteiger partial charge in [-0.05, 0) is 17.7 Å². The van der Waals surface area contributed by atoms with Crippen LogP contribution >= 0.6 is 11.8 Å². The molecule has 2 aromatic carbocycles. The van der Waals surface area contributed by atoms with Gasteiger partial charge in [-0.2, -0.15) is 5.26 Å². The molecule has 28 heavy (non-hydrogen) atoms. The van der Waals surface area contributed by atoms with Crippen LogP contribution in [0.3, 0.4) is 0 Å². The summed E-state index contributed by atoms with van der Waals surface area (Å²) in [7, 11) is 0. The minimum absolute atomic E-state index is 0.263. The second-order valence-electron chi connectivity index (χ2n) is 6.07. The van der Waals surface area contributed by atoms with Crippen molar-refractivity contribution in [2.75, 3.05) is 11.1 Å². The highest BCUT2D eigenvalue weighted by molar-refractivity contribution is 8.03. The van der Waals surface area contributed by atoms with Crippen LogP contribution in [0.5, 0.6) is 0 Å². The SMILES string of the molecule is C=CCSC1=C(C(=O)Nc2ccccc2)C(c2ccccc2)C(C#N)=C(N)N1. The van der Waals surface area contributed by atoms with Crippen LogP contribution in [-0.2, 0) is 4.79 Å². The van der Waals surface area contributed by atoms with Crippen molar-refractivity contribution in [2.24, 2.45) is 5.73 Å². The van der Waals surface area contributed by atoms with Gasteiger partial charge in [-0.25, -0.2) is 0 Å². The number of thioether (sulfide) groups is 1. The van der Waals surface area contributed by atoms with Crippen LogP contribution in [0, 0.1) is 11.3 Å². The van der Waals surface area contributed by atoms with E-state index in [1.54, 1.807) is 6.08 Å². The Morgan fingerprint density at radius 3 is 2.46 bits per heavy atom. The maximum Gasteiger partial charge on any atom is 0.255 e. The number of nitrogens with zero attached hydrogens (tertiary/aromatic N) is 1. The molecule has 6 heteroatoms. The maximum atomic E-state index is 13.3. The Morgan fingerprint density at radius 1 is 1.21 bits per heavy atom. The molecule has 1 aliphatic heterocycles. The molecular formula is C22H20N4OS. The normalized spacial score (nSPS) is 16.2. The number of carbonyl (C=O) groups is 1. The van der Waals surface area contributed by atoms with Crippen molar-refractivity contribution in [3.05, 3.63) is 101 Å². The number of carbonyl (C=O) groups excluding carboxylic acids is 1. The maximum absolute atomic E-state index is 13.3. The number of benzene rings is 2. The molecule has 0 saturated heterocycles. The first-order valence-corrected chi connectivity index (χ1v) is 9.70. The molecule has 2 aromatic rings. The molecule has 0 radical (unpaired) electrons. The Bertz CT molecular complexity index is 975. The van der Waals surface area contributed by atoms with Gasteiger partial charge in [0.15, 0.2) is 0 Å². The zero-order valence-electron chi connectivity index (χ0n) is 15.2. The Balaban J connectivity index is 2.10.